The molecule has 2 heterocycles. The van der Waals surface area contributed by atoms with Crippen molar-refractivity contribution in [1.29, 1.82) is 0 Å². The number of rotatable bonds is 9. The van der Waals surface area contributed by atoms with Crippen LogP contribution in [0.2, 0.25) is 0 Å². The molecule has 3 N–H and O–H groups in total. The molecular formula is C31H30ClFN4O4. The van der Waals surface area contributed by atoms with Gasteiger partial charge in [0.1, 0.15) is 11.6 Å². The molecule has 0 aliphatic carbocycles. The van der Waals surface area contributed by atoms with Crippen molar-refractivity contribution in [3.8, 4) is 11.6 Å². The molecule has 0 bridgehead atoms. The number of ether oxygens (including phenoxy) is 1. The maximum atomic E-state index is 13.1. The number of anilines is 2. The van der Waals surface area contributed by atoms with E-state index in [4.69, 9.17) is 9.84 Å². The van der Waals surface area contributed by atoms with Crippen molar-refractivity contribution < 1.29 is 23.8 Å². The van der Waals surface area contributed by atoms with Crippen LogP contribution >= 0.6 is 12.4 Å². The Labute approximate surface area is 243 Å². The second kappa shape index (κ2) is 13.7. The van der Waals surface area contributed by atoms with Crippen LogP contribution in [0.3, 0.4) is 0 Å². The average Bonchev–Trinajstić information content (AvgIpc) is 2.97. The van der Waals surface area contributed by atoms with Gasteiger partial charge in [0.25, 0.3) is 5.91 Å². The maximum Gasteiger partial charge on any atom is 0.335 e. The van der Waals surface area contributed by atoms with Gasteiger partial charge in [-0.05, 0) is 91.2 Å². The number of likely N-dealkylation sites (tertiary alicyclic amines) is 1. The van der Waals surface area contributed by atoms with Crippen molar-refractivity contribution in [1.82, 2.24) is 9.88 Å². The second-order valence-electron chi connectivity index (χ2n) is 9.67. The van der Waals surface area contributed by atoms with Gasteiger partial charge in [0.15, 0.2) is 0 Å². The Bertz CT molecular complexity index is 1440. The lowest BCUT2D eigenvalue weighted by Gasteiger charge is -2.32. The van der Waals surface area contributed by atoms with Crippen LogP contribution in [-0.4, -0.2) is 46.0 Å². The first-order chi connectivity index (χ1) is 19.4. The summed E-state index contributed by atoms with van der Waals surface area (Å²) in [7, 11) is 0. The number of nitrogens with zero attached hydrogens (tertiary/aromatic N) is 2. The minimum Gasteiger partial charge on any atom is -0.478 e. The van der Waals surface area contributed by atoms with E-state index in [1.54, 1.807) is 30.5 Å². The monoisotopic (exact) mass is 576 g/mol. The molecule has 1 saturated heterocycles. The van der Waals surface area contributed by atoms with Gasteiger partial charge in [0, 0.05) is 54.9 Å². The van der Waals surface area contributed by atoms with Crippen LogP contribution in [0, 0.1) is 5.82 Å². The fourth-order valence-electron chi connectivity index (χ4n) is 4.53. The largest absolute Gasteiger partial charge is 0.478 e. The quantitative estimate of drug-likeness (QED) is 0.210. The number of carbonyl (C=O) groups excluding carboxylic acids is 1. The number of halogens is 2. The molecule has 0 saturated carbocycles. The fraction of sp³-hybridized carbons (Fsp3) is 0.194. The number of carboxylic acid groups (broad SMARTS) is 1. The van der Waals surface area contributed by atoms with E-state index in [1.807, 2.05) is 24.3 Å². The van der Waals surface area contributed by atoms with Crippen LogP contribution in [0.1, 0.15) is 39.1 Å². The highest BCUT2D eigenvalue weighted by Gasteiger charge is 2.19. The van der Waals surface area contributed by atoms with Crippen molar-refractivity contribution >= 4 is 35.7 Å². The van der Waals surface area contributed by atoms with E-state index in [-0.39, 0.29) is 29.7 Å². The standard InChI is InChI=1S/C31H29FN4O4.ClH/c32-24-6-10-26(11-7-24)35-30(37)22-2-8-25(9-3-22)34-27-15-17-36(18-16-27)20-21-1-14-29(33-19-21)40-28-12-4-23(5-13-28)31(38)39;/h1-14,19,27,34H,15-18,20H2,(H,35,37)(H,38,39);1H. The Kier molecular flexibility index (Phi) is 9.89. The molecule has 1 aliphatic heterocycles. The normalized spacial score (nSPS) is 13.6. The fourth-order valence-corrected chi connectivity index (χ4v) is 4.53. The SMILES string of the molecule is Cl.O=C(O)c1ccc(Oc2ccc(CN3CCC(Nc4ccc(C(=O)Nc5ccc(F)cc5)cc4)CC3)cn2)cc1. The number of benzene rings is 3. The molecule has 10 heteroatoms. The maximum absolute atomic E-state index is 13.1. The highest BCUT2D eigenvalue weighted by molar-refractivity contribution is 6.04. The highest BCUT2D eigenvalue weighted by Crippen LogP contribution is 2.22. The number of aromatic nitrogens is 1. The first-order valence-electron chi connectivity index (χ1n) is 13.0. The first kappa shape index (κ1) is 29.5. The summed E-state index contributed by atoms with van der Waals surface area (Å²) < 4.78 is 18.8. The number of carbonyl (C=O) groups is 2. The zero-order chi connectivity index (χ0) is 27.9. The topological polar surface area (TPSA) is 104 Å². The molecule has 0 radical (unpaired) electrons. The van der Waals surface area contributed by atoms with E-state index in [2.05, 4.69) is 20.5 Å². The average molecular weight is 577 g/mol. The van der Waals surface area contributed by atoms with Crippen molar-refractivity contribution in [2.24, 2.45) is 0 Å². The van der Waals surface area contributed by atoms with Crippen molar-refractivity contribution in [2.45, 2.75) is 25.4 Å². The number of aromatic carboxylic acids is 1. The Balaban J connectivity index is 0.00000387. The number of nitrogens with one attached hydrogen (secondary N) is 2. The molecule has 4 aromatic rings. The summed E-state index contributed by atoms with van der Waals surface area (Å²) in [4.78, 5) is 30.2. The zero-order valence-electron chi connectivity index (χ0n) is 22.1. The van der Waals surface area contributed by atoms with Gasteiger partial charge in [-0.3, -0.25) is 9.69 Å². The minimum absolute atomic E-state index is 0. The van der Waals surface area contributed by atoms with E-state index >= 15 is 0 Å². The summed E-state index contributed by atoms with van der Waals surface area (Å²) in [5, 5.41) is 15.3. The van der Waals surface area contributed by atoms with Gasteiger partial charge in [-0.1, -0.05) is 6.07 Å². The zero-order valence-corrected chi connectivity index (χ0v) is 22.9. The van der Waals surface area contributed by atoms with Crippen molar-refractivity contribution in [3.63, 3.8) is 0 Å². The Hall–Kier alpha value is -4.47. The van der Waals surface area contributed by atoms with Crippen LogP contribution in [-0.2, 0) is 6.54 Å². The Morgan fingerprint density at radius 1 is 0.878 bits per heavy atom. The van der Waals surface area contributed by atoms with Gasteiger partial charge in [0.05, 0.1) is 5.56 Å². The molecular weight excluding hydrogens is 547 g/mol. The minimum atomic E-state index is -0.978. The predicted octanol–water partition coefficient (Wildman–Crippen LogP) is 6.46. The molecule has 8 nitrogen and oxygen atoms in total. The third-order valence-corrected chi connectivity index (χ3v) is 6.74. The van der Waals surface area contributed by atoms with Crippen molar-refractivity contribution in [2.75, 3.05) is 23.7 Å². The number of piperidine rings is 1. The van der Waals surface area contributed by atoms with Crippen molar-refractivity contribution in [3.05, 3.63) is 114 Å². The molecule has 0 atom stereocenters. The van der Waals surface area contributed by atoms with E-state index in [0.29, 0.717) is 28.9 Å². The summed E-state index contributed by atoms with van der Waals surface area (Å²) in [5.41, 5.74) is 3.34. The smallest absolute Gasteiger partial charge is 0.335 e. The summed E-state index contributed by atoms with van der Waals surface area (Å²) >= 11 is 0. The Morgan fingerprint density at radius 2 is 1.51 bits per heavy atom. The number of amides is 1. The lowest BCUT2D eigenvalue weighted by molar-refractivity contribution is 0.0696. The predicted molar refractivity (Wildman–Crippen MR) is 158 cm³/mol. The molecule has 0 unspecified atom stereocenters. The van der Waals surface area contributed by atoms with Gasteiger partial charge in [-0.15, -0.1) is 12.4 Å². The van der Waals surface area contributed by atoms with E-state index in [1.165, 1.54) is 36.4 Å². The summed E-state index contributed by atoms with van der Waals surface area (Å²) in [6.07, 6.45) is 3.79. The molecule has 212 valence electrons. The number of hydrogen-bond acceptors (Lipinski definition) is 6. The third-order valence-electron chi connectivity index (χ3n) is 6.74. The van der Waals surface area contributed by atoms with Gasteiger partial charge in [-0.2, -0.15) is 0 Å². The molecule has 3 aromatic carbocycles. The second-order valence-corrected chi connectivity index (χ2v) is 9.67. The van der Waals surface area contributed by atoms with Crippen LogP contribution in [0.25, 0.3) is 0 Å². The van der Waals surface area contributed by atoms with Crippen LogP contribution < -0.4 is 15.4 Å². The highest BCUT2D eigenvalue weighted by atomic mass is 35.5. The van der Waals surface area contributed by atoms with E-state index in [9.17, 15) is 14.0 Å². The summed E-state index contributed by atoms with van der Waals surface area (Å²) in [6, 6.07) is 23.4. The lowest BCUT2D eigenvalue weighted by atomic mass is 10.0. The van der Waals surface area contributed by atoms with E-state index in [0.717, 1.165) is 43.7 Å². The molecule has 41 heavy (non-hydrogen) atoms. The van der Waals surface area contributed by atoms with E-state index < -0.39 is 5.97 Å². The van der Waals surface area contributed by atoms with Crippen LogP contribution in [0.4, 0.5) is 15.8 Å². The first-order valence-corrected chi connectivity index (χ1v) is 13.0. The summed E-state index contributed by atoms with van der Waals surface area (Å²) in [5.74, 6) is -0.582. The molecule has 0 spiro atoms. The number of carboxylic acids is 1. The van der Waals surface area contributed by atoms with Gasteiger partial charge < -0.3 is 20.5 Å². The lowest BCUT2D eigenvalue weighted by Crippen LogP contribution is -2.38. The Morgan fingerprint density at radius 3 is 2.12 bits per heavy atom. The van der Waals surface area contributed by atoms with Crippen LogP contribution in [0.15, 0.2) is 91.1 Å². The molecule has 1 aliphatic rings. The molecule has 5 rings (SSSR count). The van der Waals surface area contributed by atoms with Gasteiger partial charge in [-0.25, -0.2) is 14.2 Å². The molecule has 1 amide bonds. The summed E-state index contributed by atoms with van der Waals surface area (Å²) in [6.45, 7) is 2.69. The van der Waals surface area contributed by atoms with Crippen LogP contribution in [0.5, 0.6) is 11.6 Å². The number of hydrogen-bond donors (Lipinski definition) is 3. The molecule has 1 aromatic heterocycles. The van der Waals surface area contributed by atoms with Gasteiger partial charge in [0.2, 0.25) is 5.88 Å². The molecule has 1 fully saturated rings. The number of pyridine rings is 1. The van der Waals surface area contributed by atoms with Gasteiger partial charge >= 0.3 is 5.97 Å². The third kappa shape index (κ3) is 8.26.